The second kappa shape index (κ2) is 25.7. The third-order valence-corrected chi connectivity index (χ3v) is 24.4. The summed E-state index contributed by atoms with van der Waals surface area (Å²) in [4.78, 5) is 36.1. The predicted octanol–water partition coefficient (Wildman–Crippen LogP) is 23.0. The van der Waals surface area contributed by atoms with E-state index < -0.39 is 0 Å². The number of ether oxygens (including phenoxy) is 2. The Morgan fingerprint density at radius 3 is 0.929 bits per heavy atom. The van der Waals surface area contributed by atoms with Gasteiger partial charge in [-0.05, 0) is 248 Å². The molecule has 112 heavy (non-hydrogen) atoms. The van der Waals surface area contributed by atoms with Crippen LogP contribution in [0.1, 0.15) is 190 Å². The zero-order valence-corrected chi connectivity index (χ0v) is 68.2. The SMILES string of the molecule is CC(C)(C)c1cc(C(C)(C)C)c(-c2cc3c4c(cc5c(-c6c(C(C)(C)C)cc(C(C)(C)C)cc6C(C)(C)C)cc6c7c(cc2c4c57)B2c4ccccc4N(c4ccccc4)c4cc(C(=O)OCc5ccccc5)cc-6c42)B2c4ccccc4N(c4ccccc4)c4cc(C(=O)OCc5ccccc5)cc-3c42)c(C(C)(C)C)c1. The lowest BCUT2D eigenvalue weighted by molar-refractivity contribution is 0.0464. The molecular weight excluding hydrogens is 1360 g/mol. The molecule has 554 valence electrons. The van der Waals surface area contributed by atoms with Gasteiger partial charge in [0.25, 0.3) is 0 Å². The Kier molecular flexibility index (Phi) is 16.6. The number of benzene rings is 14. The highest BCUT2D eigenvalue weighted by molar-refractivity contribution is 7.02. The molecule has 0 unspecified atom stereocenters. The van der Waals surface area contributed by atoms with Gasteiger partial charge in [-0.25, -0.2) is 9.59 Å². The van der Waals surface area contributed by atoms with E-state index in [0.29, 0.717) is 11.1 Å². The molecule has 8 heteroatoms. The van der Waals surface area contributed by atoms with Gasteiger partial charge in [0.2, 0.25) is 13.4 Å². The highest BCUT2D eigenvalue weighted by Crippen LogP contribution is 2.57. The first kappa shape index (κ1) is 72.3. The predicted molar refractivity (Wildman–Crippen MR) is 474 cm³/mol. The highest BCUT2D eigenvalue weighted by atomic mass is 16.5. The minimum atomic E-state index is -0.388. The minimum Gasteiger partial charge on any atom is -0.457 e. The van der Waals surface area contributed by atoms with Crippen molar-refractivity contribution in [3.8, 4) is 44.5 Å². The monoisotopic (exact) mass is 1460 g/mol. The van der Waals surface area contributed by atoms with Crippen LogP contribution in [0.25, 0.3) is 76.8 Å². The van der Waals surface area contributed by atoms with Crippen LogP contribution in [0, 0.1) is 0 Å². The van der Waals surface area contributed by atoms with E-state index >= 15 is 9.59 Å². The number of carbonyl (C=O) groups is 2. The van der Waals surface area contributed by atoms with Gasteiger partial charge >= 0.3 is 11.9 Å². The Labute approximate surface area is 662 Å². The molecule has 4 aliphatic rings. The molecule has 18 rings (SSSR count). The number of carbonyl (C=O) groups excluding carboxylic acids is 2. The second-order valence-electron chi connectivity index (χ2n) is 38.2. The Hall–Kier alpha value is -11.2. The van der Waals surface area contributed by atoms with Crippen molar-refractivity contribution in [2.45, 2.75) is 170 Å². The summed E-state index contributed by atoms with van der Waals surface area (Å²) in [5, 5.41) is 7.07. The molecular formula is C104H98B2N2O4. The number of nitrogens with zero attached hydrogens (tertiary/aromatic N) is 2. The van der Waals surface area contributed by atoms with E-state index in [1.807, 2.05) is 60.7 Å². The number of esters is 2. The summed E-state index contributed by atoms with van der Waals surface area (Å²) >= 11 is 0. The lowest BCUT2D eigenvalue weighted by atomic mass is 9.31. The van der Waals surface area contributed by atoms with Crippen molar-refractivity contribution < 1.29 is 19.1 Å². The lowest BCUT2D eigenvalue weighted by Gasteiger charge is -2.43. The summed E-state index contributed by atoms with van der Waals surface area (Å²) in [5.41, 5.74) is 30.7. The average Bonchev–Trinajstić information content (AvgIpc) is 0.662. The molecule has 0 amide bonds. The van der Waals surface area contributed by atoms with Gasteiger partial charge in [-0.1, -0.05) is 305 Å². The summed E-state index contributed by atoms with van der Waals surface area (Å²) in [7, 11) is 0. The molecule has 0 radical (unpaired) electrons. The number of para-hydroxylation sites is 4. The van der Waals surface area contributed by atoms with Gasteiger partial charge < -0.3 is 19.3 Å². The molecule has 0 aliphatic carbocycles. The molecule has 4 heterocycles. The molecule has 0 aromatic heterocycles. The van der Waals surface area contributed by atoms with Crippen LogP contribution in [0.15, 0.2) is 243 Å². The van der Waals surface area contributed by atoms with Crippen LogP contribution in [-0.2, 0) is 55.2 Å². The summed E-state index contributed by atoms with van der Waals surface area (Å²) in [6, 6.07) is 88.7. The Morgan fingerprint density at radius 1 is 0.295 bits per heavy atom. The van der Waals surface area contributed by atoms with Crippen LogP contribution in [0.4, 0.5) is 34.1 Å². The molecule has 4 aliphatic heterocycles. The second-order valence-corrected chi connectivity index (χ2v) is 38.2. The van der Waals surface area contributed by atoms with E-state index in [-0.39, 0.29) is 71.1 Å². The number of anilines is 6. The molecule has 14 aromatic carbocycles. The van der Waals surface area contributed by atoms with Crippen molar-refractivity contribution in [3.63, 3.8) is 0 Å². The molecule has 0 atom stereocenters. The third kappa shape index (κ3) is 11.6. The molecule has 14 aromatic rings. The van der Waals surface area contributed by atoms with Gasteiger partial charge in [0, 0.05) is 34.1 Å². The Bertz CT molecular complexity index is 5780. The van der Waals surface area contributed by atoms with Gasteiger partial charge in [-0.15, -0.1) is 0 Å². The normalized spacial score (nSPS) is 13.7. The van der Waals surface area contributed by atoms with Crippen molar-refractivity contribution in [3.05, 3.63) is 298 Å². The van der Waals surface area contributed by atoms with Crippen LogP contribution in [0.2, 0.25) is 0 Å². The van der Waals surface area contributed by atoms with Crippen molar-refractivity contribution in [2.24, 2.45) is 0 Å². The van der Waals surface area contributed by atoms with E-state index in [0.717, 1.165) is 89.6 Å². The fraction of sp³-hybridized carbons (Fsp3) is 0.250. The minimum absolute atomic E-state index is 0.124. The quantitative estimate of drug-likeness (QED) is 0.0773. The van der Waals surface area contributed by atoms with E-state index in [1.165, 1.54) is 98.7 Å². The Balaban J connectivity index is 1.09. The van der Waals surface area contributed by atoms with Gasteiger partial charge in [0.15, 0.2) is 0 Å². The molecule has 0 bridgehead atoms. The topological polar surface area (TPSA) is 59.1 Å². The first-order chi connectivity index (χ1) is 53.2. The maximum atomic E-state index is 15.7. The molecule has 0 fully saturated rings. The number of hydrogen-bond acceptors (Lipinski definition) is 6. The number of fused-ring (bicyclic) bond motifs is 8. The molecule has 0 saturated heterocycles. The zero-order chi connectivity index (χ0) is 78.4. The Morgan fingerprint density at radius 2 is 0.607 bits per heavy atom. The van der Waals surface area contributed by atoms with Crippen LogP contribution in [0.5, 0.6) is 0 Å². The van der Waals surface area contributed by atoms with Crippen molar-refractivity contribution >= 4 is 125 Å². The summed E-state index contributed by atoms with van der Waals surface area (Å²) in [6.45, 7) is 42.6. The van der Waals surface area contributed by atoms with Crippen LogP contribution >= 0.6 is 0 Å². The van der Waals surface area contributed by atoms with Gasteiger partial charge in [0.05, 0.1) is 11.1 Å². The maximum Gasteiger partial charge on any atom is 0.338 e. The standard InChI is InChI=1S/C104H98B2N2O4/c1-99(2,3)65-51-77(101(7,8)9)89(78(52-65)102(10,11)12)69-55-71-75-47-63(97(109)111-59-61-35-23-19-24-36-61)49-87-95(75)106(82-44-32-34-46-86(82)107(87)67-39-27-21-28-40-67)84-58-74-70(90-79(103(13,14)15)53-66(100(4,5)6)54-80(90)104(16,17)18)56-72-76-48-64(98(110)112-60-62-37-25-20-26-38-62)50-88-96(76)105(83-57-73(69)93(91(71)84)94(74)92(72)83)81-43-31-33-45-85(81)108(88)68-41-29-22-30-42-68/h19-58H,59-60H2,1-18H3. The zero-order valence-electron chi connectivity index (χ0n) is 68.2. The fourth-order valence-electron chi connectivity index (χ4n) is 19.0. The number of hydrogen-bond donors (Lipinski definition) is 0. The molecule has 0 spiro atoms. The summed E-state index contributed by atoms with van der Waals surface area (Å²) < 4.78 is 13.0. The third-order valence-electron chi connectivity index (χ3n) is 24.4. The largest absolute Gasteiger partial charge is 0.457 e. The van der Waals surface area contributed by atoms with E-state index in [1.54, 1.807) is 0 Å². The summed E-state index contributed by atoms with van der Waals surface area (Å²) in [5.74, 6) is -0.777. The summed E-state index contributed by atoms with van der Waals surface area (Å²) in [6.07, 6.45) is 0. The van der Waals surface area contributed by atoms with Gasteiger partial charge in [0.1, 0.15) is 13.2 Å². The first-order valence-corrected chi connectivity index (χ1v) is 40.2. The van der Waals surface area contributed by atoms with E-state index in [9.17, 15) is 0 Å². The van der Waals surface area contributed by atoms with Gasteiger partial charge in [-0.3, -0.25) is 0 Å². The smallest absolute Gasteiger partial charge is 0.338 e. The van der Waals surface area contributed by atoms with Gasteiger partial charge in [-0.2, -0.15) is 0 Å². The van der Waals surface area contributed by atoms with E-state index in [4.69, 9.17) is 9.47 Å². The number of rotatable bonds is 10. The van der Waals surface area contributed by atoms with Crippen LogP contribution in [-0.4, -0.2) is 25.4 Å². The average molecular weight is 1460 g/mol. The maximum absolute atomic E-state index is 15.7. The van der Waals surface area contributed by atoms with E-state index in [2.05, 4.69) is 316 Å². The van der Waals surface area contributed by atoms with Crippen molar-refractivity contribution in [1.29, 1.82) is 0 Å². The molecule has 0 saturated carbocycles. The lowest BCUT2D eigenvalue weighted by Crippen LogP contribution is -2.60. The van der Waals surface area contributed by atoms with Crippen molar-refractivity contribution in [1.82, 2.24) is 0 Å². The van der Waals surface area contributed by atoms with Crippen molar-refractivity contribution in [2.75, 3.05) is 9.80 Å². The first-order valence-electron chi connectivity index (χ1n) is 40.2. The highest BCUT2D eigenvalue weighted by Gasteiger charge is 2.48. The fourth-order valence-corrected chi connectivity index (χ4v) is 19.0. The van der Waals surface area contributed by atoms with Crippen LogP contribution in [0.3, 0.4) is 0 Å². The molecule has 0 N–H and O–H groups in total. The molecule has 6 nitrogen and oxygen atoms in total. The van der Waals surface area contributed by atoms with Crippen LogP contribution < -0.4 is 42.6 Å².